The van der Waals surface area contributed by atoms with E-state index < -0.39 is 10.0 Å². The maximum Gasteiger partial charge on any atom is 0.271 e. The minimum Gasteiger partial charge on any atom is -0.385 e. The zero-order chi connectivity index (χ0) is 16.0. The van der Waals surface area contributed by atoms with E-state index in [-0.39, 0.29) is 0 Å². The van der Waals surface area contributed by atoms with Gasteiger partial charge in [-0.15, -0.1) is 11.3 Å². The summed E-state index contributed by atoms with van der Waals surface area (Å²) in [4.78, 5) is 0.979. The third-order valence-electron chi connectivity index (χ3n) is 3.23. The van der Waals surface area contributed by atoms with Gasteiger partial charge >= 0.3 is 0 Å². The van der Waals surface area contributed by atoms with Crippen LogP contribution in [0, 0.1) is 6.92 Å². The van der Waals surface area contributed by atoms with Crippen LogP contribution in [0.4, 0.5) is 11.4 Å². The Labute approximate surface area is 136 Å². The number of hydrogen-bond donors (Lipinski definition) is 2. The van der Waals surface area contributed by atoms with E-state index in [9.17, 15) is 8.42 Å². The first-order valence-corrected chi connectivity index (χ1v) is 9.74. The van der Waals surface area contributed by atoms with Gasteiger partial charge in [-0.3, -0.25) is 4.72 Å². The minimum absolute atomic E-state index is 0.340. The van der Waals surface area contributed by atoms with Gasteiger partial charge in [-0.2, -0.15) is 0 Å². The molecule has 22 heavy (non-hydrogen) atoms. The number of nitrogens with one attached hydrogen (secondary N) is 2. The molecule has 0 saturated carbocycles. The zero-order valence-electron chi connectivity index (χ0n) is 12.9. The number of benzene rings is 1. The highest BCUT2D eigenvalue weighted by molar-refractivity contribution is 7.94. The van der Waals surface area contributed by atoms with Gasteiger partial charge in [0.25, 0.3) is 10.0 Å². The molecular formula is C16H22N2O2S2. The molecule has 0 spiro atoms. The van der Waals surface area contributed by atoms with Crippen LogP contribution >= 0.6 is 11.3 Å². The van der Waals surface area contributed by atoms with Gasteiger partial charge in [-0.25, -0.2) is 8.42 Å². The van der Waals surface area contributed by atoms with Crippen LogP contribution in [0.3, 0.4) is 0 Å². The zero-order valence-corrected chi connectivity index (χ0v) is 14.6. The average molecular weight is 338 g/mol. The van der Waals surface area contributed by atoms with Crippen LogP contribution in [0.15, 0.2) is 40.6 Å². The summed E-state index contributed by atoms with van der Waals surface area (Å²) in [5.74, 6) is 0. The fraction of sp³-hybridized carbons (Fsp3) is 0.375. The monoisotopic (exact) mass is 338 g/mol. The Hall–Kier alpha value is -1.53. The summed E-state index contributed by atoms with van der Waals surface area (Å²) < 4.78 is 27.4. The fourth-order valence-corrected chi connectivity index (χ4v) is 4.37. The predicted molar refractivity (Wildman–Crippen MR) is 94.3 cm³/mol. The Morgan fingerprint density at radius 2 is 1.68 bits per heavy atom. The van der Waals surface area contributed by atoms with Crippen molar-refractivity contribution in [2.75, 3.05) is 16.6 Å². The maximum atomic E-state index is 12.2. The molecule has 1 heterocycles. The molecular weight excluding hydrogens is 316 g/mol. The van der Waals surface area contributed by atoms with Crippen molar-refractivity contribution in [3.8, 4) is 0 Å². The summed E-state index contributed by atoms with van der Waals surface area (Å²) >= 11 is 1.27. The number of sulfonamides is 1. The Morgan fingerprint density at radius 1 is 1.00 bits per heavy atom. The van der Waals surface area contributed by atoms with E-state index in [4.69, 9.17) is 0 Å². The summed E-state index contributed by atoms with van der Waals surface area (Å²) in [5, 5.41) is 3.33. The SMILES string of the molecule is CCCCCNc1ccc(NS(=O)(=O)c2ccc(C)s2)cc1. The molecule has 0 aliphatic rings. The highest BCUT2D eigenvalue weighted by atomic mass is 32.2. The summed E-state index contributed by atoms with van der Waals surface area (Å²) in [6.45, 7) is 5.01. The molecule has 2 N–H and O–H groups in total. The number of aryl methyl sites for hydroxylation is 1. The molecule has 4 nitrogen and oxygen atoms in total. The smallest absolute Gasteiger partial charge is 0.271 e. The second-order valence-corrected chi connectivity index (χ2v) is 8.38. The first kappa shape index (κ1) is 16.8. The van der Waals surface area contributed by atoms with E-state index in [0.717, 1.165) is 23.5 Å². The van der Waals surface area contributed by atoms with E-state index in [1.54, 1.807) is 18.2 Å². The Morgan fingerprint density at radius 3 is 2.27 bits per heavy atom. The quantitative estimate of drug-likeness (QED) is 0.699. The largest absolute Gasteiger partial charge is 0.385 e. The molecule has 0 amide bonds. The molecule has 0 aliphatic heterocycles. The third-order valence-corrected chi connectivity index (χ3v) is 6.10. The maximum absolute atomic E-state index is 12.2. The summed E-state index contributed by atoms with van der Waals surface area (Å²) in [5.41, 5.74) is 1.58. The van der Waals surface area contributed by atoms with Crippen LogP contribution in [-0.2, 0) is 10.0 Å². The van der Waals surface area contributed by atoms with Gasteiger partial charge in [0.05, 0.1) is 0 Å². The normalized spacial score (nSPS) is 11.4. The molecule has 0 atom stereocenters. The van der Waals surface area contributed by atoms with Gasteiger partial charge in [0, 0.05) is 22.8 Å². The van der Waals surface area contributed by atoms with Gasteiger partial charge in [0.1, 0.15) is 4.21 Å². The highest BCUT2D eigenvalue weighted by Gasteiger charge is 2.15. The molecule has 6 heteroatoms. The van der Waals surface area contributed by atoms with Crippen LogP contribution in [0.25, 0.3) is 0 Å². The minimum atomic E-state index is -3.48. The van der Waals surface area contributed by atoms with Crippen molar-refractivity contribution < 1.29 is 8.42 Å². The number of hydrogen-bond acceptors (Lipinski definition) is 4. The standard InChI is InChI=1S/C16H22N2O2S2/c1-3-4-5-12-17-14-7-9-15(10-8-14)18-22(19,20)16-11-6-13(2)21-16/h6-11,17-18H,3-5,12H2,1-2H3. The molecule has 0 unspecified atom stereocenters. The van der Waals surface area contributed by atoms with Crippen molar-refractivity contribution in [1.82, 2.24) is 0 Å². The molecule has 0 fully saturated rings. The van der Waals surface area contributed by atoms with Crippen molar-refractivity contribution in [3.63, 3.8) is 0 Å². The lowest BCUT2D eigenvalue weighted by molar-refractivity contribution is 0.603. The Balaban J connectivity index is 1.96. The topological polar surface area (TPSA) is 58.2 Å². The van der Waals surface area contributed by atoms with Crippen molar-refractivity contribution in [3.05, 3.63) is 41.3 Å². The van der Waals surface area contributed by atoms with Crippen molar-refractivity contribution >= 4 is 32.7 Å². The number of unbranched alkanes of at least 4 members (excludes halogenated alkanes) is 2. The molecule has 1 aromatic heterocycles. The molecule has 0 aliphatic carbocycles. The molecule has 0 bridgehead atoms. The van der Waals surface area contributed by atoms with Crippen LogP contribution in [-0.4, -0.2) is 15.0 Å². The molecule has 120 valence electrons. The molecule has 0 radical (unpaired) electrons. The van der Waals surface area contributed by atoms with Crippen molar-refractivity contribution in [2.24, 2.45) is 0 Å². The lowest BCUT2D eigenvalue weighted by atomic mass is 10.2. The summed E-state index contributed by atoms with van der Waals surface area (Å²) in [6.07, 6.45) is 3.55. The van der Waals surface area contributed by atoms with Crippen molar-refractivity contribution in [2.45, 2.75) is 37.3 Å². The number of rotatable bonds is 8. The molecule has 2 rings (SSSR count). The fourth-order valence-electron chi connectivity index (χ4n) is 2.03. The number of thiophene rings is 1. The third kappa shape index (κ3) is 4.74. The summed E-state index contributed by atoms with van der Waals surface area (Å²) in [6, 6.07) is 10.8. The van der Waals surface area contributed by atoms with Crippen LogP contribution < -0.4 is 10.0 Å². The molecule has 1 aromatic carbocycles. The second kappa shape index (κ2) is 7.65. The van der Waals surface area contributed by atoms with E-state index in [0.29, 0.717) is 9.90 Å². The van der Waals surface area contributed by atoms with E-state index in [2.05, 4.69) is 17.0 Å². The molecule has 0 saturated heterocycles. The highest BCUT2D eigenvalue weighted by Crippen LogP contribution is 2.24. The number of anilines is 2. The van der Waals surface area contributed by atoms with Crippen LogP contribution in [0.1, 0.15) is 31.1 Å². The van der Waals surface area contributed by atoms with Crippen molar-refractivity contribution in [1.29, 1.82) is 0 Å². The van der Waals surface area contributed by atoms with E-state index >= 15 is 0 Å². The lowest BCUT2D eigenvalue weighted by Gasteiger charge is -2.09. The first-order valence-electron chi connectivity index (χ1n) is 7.44. The van der Waals surface area contributed by atoms with E-state index in [1.807, 2.05) is 25.1 Å². The van der Waals surface area contributed by atoms with Gasteiger partial charge < -0.3 is 5.32 Å². The lowest BCUT2D eigenvalue weighted by Crippen LogP contribution is -2.11. The van der Waals surface area contributed by atoms with Gasteiger partial charge in [-0.05, 0) is 49.7 Å². The predicted octanol–water partition coefficient (Wildman–Crippen LogP) is 4.46. The van der Waals surface area contributed by atoms with Gasteiger partial charge in [0.2, 0.25) is 0 Å². The van der Waals surface area contributed by atoms with Gasteiger partial charge in [0.15, 0.2) is 0 Å². The van der Waals surface area contributed by atoms with Gasteiger partial charge in [-0.1, -0.05) is 19.8 Å². The average Bonchev–Trinajstić information content (AvgIpc) is 2.93. The second-order valence-electron chi connectivity index (χ2n) is 5.18. The molecule has 2 aromatic rings. The Kier molecular flexibility index (Phi) is 5.85. The summed E-state index contributed by atoms with van der Waals surface area (Å²) in [7, 11) is -3.48. The van der Waals surface area contributed by atoms with Crippen LogP contribution in [0.2, 0.25) is 0 Å². The van der Waals surface area contributed by atoms with E-state index in [1.165, 1.54) is 24.2 Å². The van der Waals surface area contributed by atoms with Crippen LogP contribution in [0.5, 0.6) is 0 Å². The first-order chi connectivity index (χ1) is 10.5. The Bertz CT molecular complexity index is 691.